The van der Waals surface area contributed by atoms with Crippen molar-refractivity contribution in [2.75, 3.05) is 19.8 Å². The second-order valence-corrected chi connectivity index (χ2v) is 3.92. The molecule has 0 aliphatic rings. The minimum Gasteiger partial charge on any atom is -0.434 e. The first-order valence-electron chi connectivity index (χ1n) is 6.63. The maximum Gasteiger partial charge on any atom is 0.387 e. The van der Waals surface area contributed by atoms with E-state index in [0.717, 1.165) is 0 Å². The van der Waals surface area contributed by atoms with Gasteiger partial charge in [0.05, 0.1) is 12.1 Å². The summed E-state index contributed by atoms with van der Waals surface area (Å²) < 4.78 is 39.4. The van der Waals surface area contributed by atoms with Crippen LogP contribution >= 0.6 is 0 Å². The number of alkyl halides is 2. The number of carbonyl (C=O) groups is 1. The van der Waals surface area contributed by atoms with Crippen molar-refractivity contribution in [3.05, 3.63) is 29.8 Å². The van der Waals surface area contributed by atoms with E-state index in [-0.39, 0.29) is 17.9 Å². The Hall–Kier alpha value is -1.73. The third kappa shape index (κ3) is 6.05. The van der Waals surface area contributed by atoms with Gasteiger partial charge in [-0.05, 0) is 26.0 Å². The van der Waals surface area contributed by atoms with Gasteiger partial charge in [0.15, 0.2) is 6.29 Å². The molecular formula is C14H19F2NO4. The van der Waals surface area contributed by atoms with Crippen molar-refractivity contribution >= 4 is 5.91 Å². The quantitative estimate of drug-likeness (QED) is 0.712. The van der Waals surface area contributed by atoms with Crippen molar-refractivity contribution in [1.29, 1.82) is 0 Å². The van der Waals surface area contributed by atoms with Crippen LogP contribution in [0.25, 0.3) is 0 Å². The summed E-state index contributed by atoms with van der Waals surface area (Å²) in [4.78, 5) is 12.0. The van der Waals surface area contributed by atoms with E-state index in [9.17, 15) is 13.6 Å². The van der Waals surface area contributed by atoms with Crippen molar-refractivity contribution < 1.29 is 27.8 Å². The van der Waals surface area contributed by atoms with E-state index in [1.165, 1.54) is 18.2 Å². The van der Waals surface area contributed by atoms with Crippen LogP contribution in [0.3, 0.4) is 0 Å². The number of nitrogens with one attached hydrogen (secondary N) is 1. The SMILES string of the molecule is CCOC(CNC(=O)c1ccccc1OC(F)F)OCC. The number of amides is 1. The van der Waals surface area contributed by atoms with Crippen molar-refractivity contribution in [2.45, 2.75) is 26.7 Å². The monoisotopic (exact) mass is 303 g/mol. The molecule has 0 bridgehead atoms. The Kier molecular flexibility index (Phi) is 7.63. The Morgan fingerprint density at radius 2 is 1.81 bits per heavy atom. The number of hydrogen-bond acceptors (Lipinski definition) is 4. The van der Waals surface area contributed by atoms with Crippen molar-refractivity contribution in [3.8, 4) is 5.75 Å². The van der Waals surface area contributed by atoms with Crippen LogP contribution in [0.2, 0.25) is 0 Å². The fraction of sp³-hybridized carbons (Fsp3) is 0.500. The predicted molar refractivity (Wildman–Crippen MR) is 72.4 cm³/mol. The number of ether oxygens (including phenoxy) is 3. The third-order valence-corrected chi connectivity index (χ3v) is 2.48. The Morgan fingerprint density at radius 1 is 1.19 bits per heavy atom. The molecule has 0 atom stereocenters. The molecule has 1 N–H and O–H groups in total. The van der Waals surface area contributed by atoms with Crippen LogP contribution in [0.5, 0.6) is 5.75 Å². The minimum absolute atomic E-state index is 0.0320. The average molecular weight is 303 g/mol. The predicted octanol–water partition coefficient (Wildman–Crippen LogP) is 2.42. The molecule has 5 nitrogen and oxygen atoms in total. The smallest absolute Gasteiger partial charge is 0.387 e. The van der Waals surface area contributed by atoms with Gasteiger partial charge in [0.2, 0.25) is 0 Å². The fourth-order valence-corrected chi connectivity index (χ4v) is 1.66. The number of rotatable bonds is 9. The molecule has 1 aromatic carbocycles. The van der Waals surface area contributed by atoms with Gasteiger partial charge in [-0.1, -0.05) is 12.1 Å². The summed E-state index contributed by atoms with van der Waals surface area (Å²) in [6, 6.07) is 5.79. The summed E-state index contributed by atoms with van der Waals surface area (Å²) in [5, 5.41) is 2.57. The van der Waals surface area contributed by atoms with Crippen LogP contribution in [0.1, 0.15) is 24.2 Å². The Morgan fingerprint density at radius 3 is 2.38 bits per heavy atom. The molecule has 1 aromatic rings. The number of para-hydroxylation sites is 1. The van der Waals surface area contributed by atoms with Crippen LogP contribution < -0.4 is 10.1 Å². The molecule has 0 heterocycles. The normalized spacial score (nSPS) is 11.0. The molecule has 21 heavy (non-hydrogen) atoms. The molecule has 0 aliphatic carbocycles. The maximum atomic E-state index is 12.3. The van der Waals surface area contributed by atoms with Crippen LogP contribution in [0.15, 0.2) is 24.3 Å². The zero-order valence-electron chi connectivity index (χ0n) is 12.0. The highest BCUT2D eigenvalue weighted by molar-refractivity contribution is 5.96. The van der Waals surface area contributed by atoms with Crippen molar-refractivity contribution in [2.24, 2.45) is 0 Å². The van der Waals surface area contributed by atoms with E-state index in [4.69, 9.17) is 9.47 Å². The number of carbonyl (C=O) groups excluding carboxylic acids is 1. The Balaban J connectivity index is 2.66. The van der Waals surface area contributed by atoms with E-state index in [2.05, 4.69) is 10.1 Å². The first kappa shape index (κ1) is 17.3. The fourth-order valence-electron chi connectivity index (χ4n) is 1.66. The van der Waals surface area contributed by atoms with Gasteiger partial charge < -0.3 is 19.5 Å². The summed E-state index contributed by atoms with van der Waals surface area (Å²) in [7, 11) is 0. The third-order valence-electron chi connectivity index (χ3n) is 2.48. The lowest BCUT2D eigenvalue weighted by Gasteiger charge is -2.18. The summed E-state index contributed by atoms with van der Waals surface area (Å²) in [5.41, 5.74) is 0.0320. The van der Waals surface area contributed by atoms with E-state index in [0.29, 0.717) is 13.2 Å². The topological polar surface area (TPSA) is 56.8 Å². The van der Waals surface area contributed by atoms with E-state index in [1.54, 1.807) is 19.9 Å². The molecule has 7 heteroatoms. The molecule has 0 aliphatic heterocycles. The van der Waals surface area contributed by atoms with E-state index >= 15 is 0 Å². The molecule has 0 saturated carbocycles. The molecule has 118 valence electrons. The Labute approximate surface area is 122 Å². The van der Waals surface area contributed by atoms with Gasteiger partial charge in [-0.3, -0.25) is 4.79 Å². The van der Waals surface area contributed by atoms with E-state index in [1.807, 2.05) is 0 Å². The second kappa shape index (κ2) is 9.25. The molecule has 0 unspecified atom stereocenters. The molecule has 1 amide bonds. The molecule has 0 fully saturated rings. The molecule has 0 radical (unpaired) electrons. The van der Waals surface area contributed by atoms with E-state index < -0.39 is 18.8 Å². The molecule has 1 rings (SSSR count). The second-order valence-electron chi connectivity index (χ2n) is 3.92. The van der Waals surface area contributed by atoms with Crippen molar-refractivity contribution in [1.82, 2.24) is 5.32 Å². The Bertz CT molecular complexity index is 437. The highest BCUT2D eigenvalue weighted by Crippen LogP contribution is 2.20. The van der Waals surface area contributed by atoms with Gasteiger partial charge in [0.1, 0.15) is 5.75 Å². The van der Waals surface area contributed by atoms with Crippen molar-refractivity contribution in [3.63, 3.8) is 0 Å². The van der Waals surface area contributed by atoms with Crippen LogP contribution in [0, 0.1) is 0 Å². The standard InChI is InChI=1S/C14H19F2NO4/c1-3-19-12(20-4-2)9-17-13(18)10-7-5-6-8-11(10)21-14(15)16/h5-8,12,14H,3-4,9H2,1-2H3,(H,17,18). The zero-order valence-corrected chi connectivity index (χ0v) is 12.0. The minimum atomic E-state index is -2.99. The summed E-state index contributed by atoms with van der Waals surface area (Å²) >= 11 is 0. The number of hydrogen-bond donors (Lipinski definition) is 1. The molecule has 0 saturated heterocycles. The zero-order chi connectivity index (χ0) is 15.7. The highest BCUT2D eigenvalue weighted by atomic mass is 19.3. The van der Waals surface area contributed by atoms with Gasteiger partial charge in [0.25, 0.3) is 5.91 Å². The summed E-state index contributed by atoms with van der Waals surface area (Å²) in [6.45, 7) is 1.61. The number of benzene rings is 1. The average Bonchev–Trinajstić information content (AvgIpc) is 2.45. The molecular weight excluding hydrogens is 284 g/mol. The number of halogens is 2. The van der Waals surface area contributed by atoms with Crippen LogP contribution in [-0.4, -0.2) is 38.6 Å². The lowest BCUT2D eigenvalue weighted by atomic mass is 10.2. The summed E-state index contributed by atoms with van der Waals surface area (Å²) in [5.74, 6) is -0.704. The first-order chi connectivity index (χ1) is 10.1. The largest absolute Gasteiger partial charge is 0.434 e. The van der Waals surface area contributed by atoms with Gasteiger partial charge in [-0.15, -0.1) is 0 Å². The molecule has 0 spiro atoms. The maximum absolute atomic E-state index is 12.3. The lowest BCUT2D eigenvalue weighted by molar-refractivity contribution is -0.131. The summed E-state index contributed by atoms with van der Waals surface area (Å²) in [6.07, 6.45) is -0.577. The van der Waals surface area contributed by atoms with Crippen LogP contribution in [-0.2, 0) is 9.47 Å². The van der Waals surface area contributed by atoms with Gasteiger partial charge in [0, 0.05) is 13.2 Å². The van der Waals surface area contributed by atoms with Gasteiger partial charge in [-0.25, -0.2) is 0 Å². The lowest BCUT2D eigenvalue weighted by Crippen LogP contribution is -2.35. The highest BCUT2D eigenvalue weighted by Gasteiger charge is 2.16. The van der Waals surface area contributed by atoms with Crippen LogP contribution in [0.4, 0.5) is 8.78 Å². The molecule has 0 aromatic heterocycles. The van der Waals surface area contributed by atoms with Gasteiger partial charge >= 0.3 is 6.61 Å². The first-order valence-corrected chi connectivity index (χ1v) is 6.63. The van der Waals surface area contributed by atoms with Gasteiger partial charge in [-0.2, -0.15) is 8.78 Å².